The van der Waals surface area contributed by atoms with Crippen molar-refractivity contribution in [2.24, 2.45) is 0 Å². The maximum Gasteiger partial charge on any atom is 0.387 e. The lowest BCUT2D eigenvalue weighted by molar-refractivity contribution is -0.0516. The number of esters is 1. The summed E-state index contributed by atoms with van der Waals surface area (Å²) >= 11 is 0. The van der Waals surface area contributed by atoms with Crippen molar-refractivity contribution >= 4 is 16.9 Å². The lowest BCUT2D eigenvalue weighted by atomic mass is 10.1. The summed E-state index contributed by atoms with van der Waals surface area (Å²) in [6.45, 7) is -0.202. The molecule has 2 aromatic rings. The number of nitrogens with zero attached hydrogens (tertiary/aromatic N) is 1. The van der Waals surface area contributed by atoms with Gasteiger partial charge in [-0.05, 0) is 18.9 Å². The second-order valence-corrected chi connectivity index (χ2v) is 5.67. The van der Waals surface area contributed by atoms with Crippen LogP contribution in [0.25, 0.3) is 10.9 Å². The molecule has 1 aromatic carbocycles. The van der Waals surface area contributed by atoms with E-state index in [4.69, 9.17) is 4.74 Å². The summed E-state index contributed by atoms with van der Waals surface area (Å²) in [7, 11) is 0. The van der Waals surface area contributed by atoms with E-state index in [-0.39, 0.29) is 18.2 Å². The SMILES string of the molecule is C=CCOC(=O)c1cn(C2CC2)c2c(OC(F)F)c(F)c(F)cc2c1=O. The van der Waals surface area contributed by atoms with E-state index < -0.39 is 46.3 Å². The molecule has 1 saturated carbocycles. The Morgan fingerprint density at radius 3 is 2.65 bits per heavy atom. The number of halogens is 4. The van der Waals surface area contributed by atoms with E-state index in [2.05, 4.69) is 11.3 Å². The number of aromatic nitrogens is 1. The van der Waals surface area contributed by atoms with Crippen LogP contribution in [-0.4, -0.2) is 23.8 Å². The molecule has 1 heterocycles. The van der Waals surface area contributed by atoms with Crippen molar-refractivity contribution < 1.29 is 31.8 Å². The van der Waals surface area contributed by atoms with Crippen molar-refractivity contribution in [3.63, 3.8) is 0 Å². The molecule has 0 N–H and O–H groups in total. The molecule has 0 saturated heterocycles. The molecular weight excluding hydrogens is 358 g/mol. The number of alkyl halides is 2. The van der Waals surface area contributed by atoms with Crippen molar-refractivity contribution in [1.29, 1.82) is 0 Å². The Balaban J connectivity index is 2.32. The molecule has 3 rings (SSSR count). The molecule has 1 aliphatic rings. The third kappa shape index (κ3) is 3.16. The quantitative estimate of drug-likeness (QED) is 0.443. The fraction of sp³-hybridized carbons (Fsp3) is 0.294. The number of carbonyl (C=O) groups excluding carboxylic acids is 1. The second kappa shape index (κ2) is 6.81. The maximum atomic E-state index is 14.1. The van der Waals surface area contributed by atoms with Crippen molar-refractivity contribution in [3.05, 3.63) is 52.3 Å². The lowest BCUT2D eigenvalue weighted by Gasteiger charge is -2.17. The van der Waals surface area contributed by atoms with Crippen molar-refractivity contribution in [3.8, 4) is 5.75 Å². The van der Waals surface area contributed by atoms with E-state index in [1.54, 1.807) is 0 Å². The zero-order chi connectivity index (χ0) is 19.0. The molecule has 138 valence electrons. The minimum Gasteiger partial charge on any atom is -0.458 e. The Morgan fingerprint density at radius 2 is 2.08 bits per heavy atom. The zero-order valence-corrected chi connectivity index (χ0v) is 13.3. The Kier molecular flexibility index (Phi) is 4.71. The predicted molar refractivity (Wildman–Crippen MR) is 83.5 cm³/mol. The molecule has 0 atom stereocenters. The highest BCUT2D eigenvalue weighted by molar-refractivity contribution is 5.95. The van der Waals surface area contributed by atoms with Crippen LogP contribution in [0.5, 0.6) is 5.75 Å². The summed E-state index contributed by atoms with van der Waals surface area (Å²) in [5.74, 6) is -5.21. The Bertz CT molecular complexity index is 950. The molecule has 1 aromatic heterocycles. The van der Waals surface area contributed by atoms with Gasteiger partial charge in [-0.3, -0.25) is 4.79 Å². The predicted octanol–water partition coefficient (Wildman–Crippen LogP) is 3.56. The lowest BCUT2D eigenvalue weighted by Crippen LogP contribution is -2.22. The molecule has 26 heavy (non-hydrogen) atoms. The first-order valence-electron chi connectivity index (χ1n) is 7.64. The van der Waals surface area contributed by atoms with E-state index in [9.17, 15) is 27.2 Å². The topological polar surface area (TPSA) is 57.5 Å². The standard InChI is InChI=1S/C17H13F4NO4/c1-2-5-25-16(24)10-7-22(8-3-4-8)13-9(14(10)23)6-11(18)12(19)15(13)26-17(20)21/h2,6-8,17H,1,3-5H2. The molecule has 0 bridgehead atoms. The van der Waals surface area contributed by atoms with Crippen LogP contribution in [0.2, 0.25) is 0 Å². The van der Waals surface area contributed by atoms with Gasteiger partial charge in [-0.15, -0.1) is 0 Å². The molecule has 5 nitrogen and oxygen atoms in total. The highest BCUT2D eigenvalue weighted by Crippen LogP contribution is 2.40. The van der Waals surface area contributed by atoms with Gasteiger partial charge in [-0.1, -0.05) is 12.7 Å². The van der Waals surface area contributed by atoms with E-state index in [1.807, 2.05) is 0 Å². The van der Waals surface area contributed by atoms with Gasteiger partial charge in [0.15, 0.2) is 11.6 Å². The monoisotopic (exact) mass is 371 g/mol. The molecule has 0 amide bonds. The van der Waals surface area contributed by atoms with Crippen molar-refractivity contribution in [2.75, 3.05) is 6.61 Å². The molecular formula is C17H13F4NO4. The number of ether oxygens (including phenoxy) is 2. The average Bonchev–Trinajstić information content (AvgIpc) is 3.42. The smallest absolute Gasteiger partial charge is 0.387 e. The largest absolute Gasteiger partial charge is 0.458 e. The van der Waals surface area contributed by atoms with Gasteiger partial charge in [0.1, 0.15) is 12.2 Å². The number of pyridine rings is 1. The molecule has 1 aliphatic carbocycles. The normalized spacial score (nSPS) is 13.9. The number of hydrogen-bond acceptors (Lipinski definition) is 4. The van der Waals surface area contributed by atoms with Gasteiger partial charge in [0.25, 0.3) is 0 Å². The van der Waals surface area contributed by atoms with E-state index >= 15 is 0 Å². The molecule has 0 spiro atoms. The summed E-state index contributed by atoms with van der Waals surface area (Å²) in [5.41, 5.74) is -1.71. The average molecular weight is 371 g/mol. The minimum atomic E-state index is -3.42. The number of fused-ring (bicyclic) bond motifs is 1. The van der Waals surface area contributed by atoms with Crippen LogP contribution in [0, 0.1) is 11.6 Å². The fourth-order valence-corrected chi connectivity index (χ4v) is 2.63. The van der Waals surface area contributed by atoms with Crippen LogP contribution in [0.3, 0.4) is 0 Å². The molecule has 0 unspecified atom stereocenters. The zero-order valence-electron chi connectivity index (χ0n) is 13.3. The summed E-state index contributed by atoms with van der Waals surface area (Å²) < 4.78 is 63.5. The highest BCUT2D eigenvalue weighted by atomic mass is 19.3. The van der Waals surface area contributed by atoms with Crippen LogP contribution in [0.4, 0.5) is 17.6 Å². The van der Waals surface area contributed by atoms with Gasteiger partial charge in [-0.2, -0.15) is 13.2 Å². The second-order valence-electron chi connectivity index (χ2n) is 5.67. The van der Waals surface area contributed by atoms with E-state index in [0.717, 1.165) is 6.20 Å². The molecule has 0 radical (unpaired) electrons. The molecule has 1 fully saturated rings. The van der Waals surface area contributed by atoms with Gasteiger partial charge >= 0.3 is 12.6 Å². The Morgan fingerprint density at radius 1 is 1.38 bits per heavy atom. The molecule has 9 heteroatoms. The number of hydrogen-bond donors (Lipinski definition) is 0. The van der Waals surface area contributed by atoms with Crippen LogP contribution < -0.4 is 10.2 Å². The van der Waals surface area contributed by atoms with E-state index in [0.29, 0.717) is 18.9 Å². The van der Waals surface area contributed by atoms with Crippen LogP contribution in [0.1, 0.15) is 29.2 Å². The molecule has 0 aliphatic heterocycles. The summed E-state index contributed by atoms with van der Waals surface area (Å²) in [6, 6.07) is 0.308. The van der Waals surface area contributed by atoms with Gasteiger partial charge in [0.2, 0.25) is 11.2 Å². The first kappa shape index (κ1) is 18.0. The van der Waals surface area contributed by atoms with Crippen molar-refractivity contribution in [2.45, 2.75) is 25.5 Å². The number of benzene rings is 1. The third-order valence-electron chi connectivity index (χ3n) is 3.87. The maximum absolute atomic E-state index is 14.1. The summed E-state index contributed by atoms with van der Waals surface area (Å²) in [4.78, 5) is 24.6. The van der Waals surface area contributed by atoms with Gasteiger partial charge in [0.05, 0.1) is 10.9 Å². The number of carbonyl (C=O) groups is 1. The Labute approximate surface area is 144 Å². The minimum absolute atomic E-state index is 0.155. The van der Waals surface area contributed by atoms with Gasteiger partial charge < -0.3 is 14.0 Å². The van der Waals surface area contributed by atoms with Crippen molar-refractivity contribution in [1.82, 2.24) is 4.57 Å². The summed E-state index contributed by atoms with van der Waals surface area (Å²) in [6.07, 6.45) is 3.63. The Hall–Kier alpha value is -2.84. The van der Waals surface area contributed by atoms with Crippen LogP contribution in [-0.2, 0) is 4.74 Å². The highest BCUT2D eigenvalue weighted by Gasteiger charge is 2.31. The number of rotatable bonds is 6. The van der Waals surface area contributed by atoms with Gasteiger partial charge in [-0.25, -0.2) is 9.18 Å². The summed E-state index contributed by atoms with van der Waals surface area (Å²) in [5, 5.41) is -0.445. The fourth-order valence-electron chi connectivity index (χ4n) is 2.63. The first-order valence-corrected chi connectivity index (χ1v) is 7.64. The van der Waals surface area contributed by atoms with Crippen LogP contribution in [0.15, 0.2) is 29.7 Å². The van der Waals surface area contributed by atoms with Gasteiger partial charge in [0, 0.05) is 12.2 Å². The van der Waals surface area contributed by atoms with Crippen LogP contribution >= 0.6 is 0 Å². The first-order chi connectivity index (χ1) is 12.3. The third-order valence-corrected chi connectivity index (χ3v) is 3.87. The van der Waals surface area contributed by atoms with E-state index in [1.165, 1.54) is 10.6 Å².